The van der Waals surface area contributed by atoms with E-state index in [1.807, 2.05) is 0 Å². The third-order valence-electron chi connectivity index (χ3n) is 16.5. The average molecular weight is 1270 g/mol. The topological polar surface area (TPSA) is 72.8 Å². The van der Waals surface area contributed by atoms with E-state index in [2.05, 4.69) is 184 Å². The molecule has 0 aromatic rings. The number of carbonyl (C=O) groups is 2. The van der Waals surface area contributed by atoms with Crippen molar-refractivity contribution in [3.8, 4) is 0 Å². The first kappa shape index (κ1) is 87.3. The van der Waals surface area contributed by atoms with E-state index >= 15 is 0 Å². The average Bonchev–Trinajstić information content (AvgIpc) is 3.75. The van der Waals surface area contributed by atoms with Gasteiger partial charge in [0.2, 0.25) is 0 Å². The van der Waals surface area contributed by atoms with Crippen molar-refractivity contribution in [2.24, 2.45) is 0 Å². The predicted molar refractivity (Wildman–Crippen MR) is 407 cm³/mol. The Hall–Kier alpha value is -4.74. The lowest BCUT2D eigenvalue weighted by Gasteiger charge is -2.15. The molecule has 5 heteroatoms. The summed E-state index contributed by atoms with van der Waals surface area (Å²) in [5, 5.41) is 9.72. The van der Waals surface area contributed by atoms with E-state index in [1.54, 1.807) is 0 Å². The van der Waals surface area contributed by atoms with Crippen molar-refractivity contribution in [1.29, 1.82) is 0 Å². The van der Waals surface area contributed by atoms with Crippen LogP contribution in [0.2, 0.25) is 0 Å². The molecule has 5 nitrogen and oxygen atoms in total. The first-order valence-electron chi connectivity index (χ1n) is 38.7. The molecule has 0 bridgehead atoms. The zero-order valence-electron chi connectivity index (χ0n) is 60.0. The van der Waals surface area contributed by atoms with Gasteiger partial charge in [0.15, 0.2) is 6.10 Å². The summed E-state index contributed by atoms with van der Waals surface area (Å²) in [6.45, 7) is 3.93. The van der Waals surface area contributed by atoms with Gasteiger partial charge in [0.1, 0.15) is 6.61 Å². The van der Waals surface area contributed by atoms with Crippen LogP contribution >= 0.6 is 0 Å². The third kappa shape index (κ3) is 77.7. The molecule has 0 fully saturated rings. The van der Waals surface area contributed by atoms with Gasteiger partial charge in [-0.25, -0.2) is 0 Å². The summed E-state index contributed by atoms with van der Waals surface area (Å²) >= 11 is 0. The molecule has 1 atom stereocenters. The molecule has 0 aliphatic heterocycles. The molecule has 0 spiro atoms. The van der Waals surface area contributed by atoms with Crippen LogP contribution in [0.3, 0.4) is 0 Å². The Balaban J connectivity index is 3.50. The summed E-state index contributed by atoms with van der Waals surface area (Å²) in [4.78, 5) is 24.7. The van der Waals surface area contributed by atoms with E-state index in [-0.39, 0.29) is 25.2 Å². The van der Waals surface area contributed by atoms with Gasteiger partial charge in [-0.2, -0.15) is 0 Å². The van der Waals surface area contributed by atoms with E-state index in [0.29, 0.717) is 12.8 Å². The van der Waals surface area contributed by atoms with Crippen LogP contribution in [0.25, 0.3) is 0 Å². The smallest absolute Gasteiger partial charge is 0.306 e. The van der Waals surface area contributed by atoms with Gasteiger partial charge < -0.3 is 14.6 Å². The van der Waals surface area contributed by atoms with Gasteiger partial charge in [0, 0.05) is 12.8 Å². The Morgan fingerprint density at radius 1 is 0.250 bits per heavy atom. The van der Waals surface area contributed by atoms with Crippen molar-refractivity contribution in [3.05, 3.63) is 170 Å². The summed E-state index contributed by atoms with van der Waals surface area (Å²) in [5.41, 5.74) is 0. The van der Waals surface area contributed by atoms with Crippen LogP contribution in [0.15, 0.2) is 170 Å². The van der Waals surface area contributed by atoms with E-state index in [4.69, 9.17) is 9.47 Å². The Morgan fingerprint density at radius 3 is 0.652 bits per heavy atom. The van der Waals surface area contributed by atoms with Crippen LogP contribution in [0, 0.1) is 0 Å². The molecule has 0 saturated carbocycles. The summed E-state index contributed by atoms with van der Waals surface area (Å²) in [5.74, 6) is -0.595. The molecule has 0 radical (unpaired) electrons. The Morgan fingerprint density at radius 2 is 0.435 bits per heavy atom. The van der Waals surface area contributed by atoms with Gasteiger partial charge in [-0.15, -0.1) is 0 Å². The number of carbonyl (C=O) groups excluding carboxylic acids is 2. The number of rotatable bonds is 70. The van der Waals surface area contributed by atoms with Crippen molar-refractivity contribution < 1.29 is 24.2 Å². The zero-order valence-corrected chi connectivity index (χ0v) is 60.0. The fourth-order valence-corrected chi connectivity index (χ4v) is 10.8. The Kier molecular flexibility index (Phi) is 76.3. The maximum Gasteiger partial charge on any atom is 0.306 e. The van der Waals surface area contributed by atoms with Crippen LogP contribution < -0.4 is 0 Å². The molecule has 0 aromatic carbocycles. The van der Waals surface area contributed by atoms with Gasteiger partial charge in [0.25, 0.3) is 0 Å². The van der Waals surface area contributed by atoms with Crippen LogP contribution in [0.4, 0.5) is 0 Å². The van der Waals surface area contributed by atoms with Gasteiger partial charge in [-0.05, 0) is 128 Å². The van der Waals surface area contributed by atoms with Crippen LogP contribution in [0.5, 0.6) is 0 Å². The molecular formula is C87H144O5. The largest absolute Gasteiger partial charge is 0.462 e. The standard InChI is InChI=1S/C87H144O5/c1-3-5-7-9-11-13-15-17-19-21-23-25-27-29-31-33-35-37-39-41-43-45-47-49-51-53-55-57-59-61-63-65-67-69-71-73-75-77-79-81-86(89)91-84-85(83-88)92-87(90)82-80-78-76-74-72-70-68-66-64-62-60-58-56-54-52-50-48-46-44-42-40-38-36-34-32-30-28-26-24-22-20-18-16-14-12-10-8-6-4-2/h5-8,11-14,17-20,23-26,30,32,36,38,42,44,48,50,54,56,60,62,85,88H,3-4,9-10,15-16,21-22,27-29,31,33-35,37,39-41,43,45-47,49,51-53,55,57-59,61,63-84H2,1-2H3/b7-5-,8-6-,13-11-,14-12-,19-17-,20-18-,25-23-,26-24-,32-30-,38-36-,44-42-,50-48-,56-54-,62-60-. The van der Waals surface area contributed by atoms with Crippen molar-refractivity contribution in [1.82, 2.24) is 0 Å². The highest BCUT2D eigenvalue weighted by atomic mass is 16.6. The van der Waals surface area contributed by atoms with E-state index in [1.165, 1.54) is 186 Å². The van der Waals surface area contributed by atoms with Gasteiger partial charge in [-0.1, -0.05) is 377 Å². The SMILES string of the molecule is CC/C=C\C/C=C\C/C=C\C/C=C\C/C=C\C/C=C\C/C=C\C/C=C\C/C=C\C/C=C\CCCCCCCCCCC(=O)OC(CO)COC(=O)CCCCCCCCCCCCCCCCCCCCCCCCCCCC/C=C\C/C=C\C/C=C\C/C=C\CC. The highest BCUT2D eigenvalue weighted by Crippen LogP contribution is 2.18. The molecule has 0 saturated heterocycles. The maximum absolute atomic E-state index is 12.4. The maximum atomic E-state index is 12.4. The second kappa shape index (κ2) is 80.5. The molecular weight excluding hydrogens is 1120 g/mol. The fraction of sp³-hybridized carbons (Fsp3) is 0.655. The van der Waals surface area contributed by atoms with Crippen LogP contribution in [0.1, 0.15) is 348 Å². The summed E-state index contributed by atoms with van der Waals surface area (Å²) in [6, 6.07) is 0. The van der Waals surface area contributed by atoms with Crippen LogP contribution in [-0.2, 0) is 19.1 Å². The van der Waals surface area contributed by atoms with E-state index < -0.39 is 6.10 Å². The fourth-order valence-electron chi connectivity index (χ4n) is 10.8. The highest BCUT2D eigenvalue weighted by Gasteiger charge is 2.16. The summed E-state index contributed by atoms with van der Waals surface area (Å²) in [7, 11) is 0. The first-order chi connectivity index (χ1) is 45.6. The molecule has 0 aliphatic carbocycles. The molecule has 0 aromatic heterocycles. The Bertz CT molecular complexity index is 1980. The molecule has 0 aliphatic rings. The molecule has 0 rings (SSSR count). The predicted octanol–water partition coefficient (Wildman–Crippen LogP) is 27.5. The van der Waals surface area contributed by atoms with Crippen molar-refractivity contribution in [2.75, 3.05) is 13.2 Å². The molecule has 0 heterocycles. The van der Waals surface area contributed by atoms with Crippen LogP contribution in [-0.4, -0.2) is 36.4 Å². The lowest BCUT2D eigenvalue weighted by Crippen LogP contribution is -2.28. The third-order valence-corrected chi connectivity index (χ3v) is 16.5. The molecule has 1 unspecified atom stereocenters. The number of hydrogen-bond acceptors (Lipinski definition) is 5. The number of unbranched alkanes of at least 4 members (excludes halogenated alkanes) is 34. The lowest BCUT2D eigenvalue weighted by molar-refractivity contribution is -0.161. The van der Waals surface area contributed by atoms with E-state index in [9.17, 15) is 14.7 Å². The minimum Gasteiger partial charge on any atom is -0.462 e. The molecule has 0 amide bonds. The van der Waals surface area contributed by atoms with Gasteiger partial charge in [-0.3, -0.25) is 9.59 Å². The molecule has 92 heavy (non-hydrogen) atoms. The quantitative estimate of drug-likeness (QED) is 0.0373. The number of hydrogen-bond donors (Lipinski definition) is 1. The number of aliphatic hydroxyl groups excluding tert-OH is 1. The Labute approximate surface area is 570 Å². The number of ether oxygens (including phenoxy) is 2. The van der Waals surface area contributed by atoms with E-state index in [0.717, 1.165) is 135 Å². The highest BCUT2D eigenvalue weighted by molar-refractivity contribution is 5.70. The summed E-state index contributed by atoms with van der Waals surface area (Å²) in [6.07, 6.45) is 124. The number of aliphatic hydroxyl groups is 1. The molecule has 522 valence electrons. The first-order valence-corrected chi connectivity index (χ1v) is 38.7. The van der Waals surface area contributed by atoms with Crippen molar-refractivity contribution >= 4 is 11.9 Å². The molecule has 1 N–H and O–H groups in total. The summed E-state index contributed by atoms with van der Waals surface area (Å²) < 4.78 is 10.8. The minimum absolute atomic E-state index is 0.0742. The number of allylic oxidation sites excluding steroid dienone is 28. The normalized spacial score (nSPS) is 13.2. The zero-order chi connectivity index (χ0) is 66.1. The lowest BCUT2D eigenvalue weighted by atomic mass is 10.0. The van der Waals surface area contributed by atoms with Gasteiger partial charge in [0.05, 0.1) is 6.61 Å². The van der Waals surface area contributed by atoms with Gasteiger partial charge >= 0.3 is 11.9 Å². The van der Waals surface area contributed by atoms with Crippen molar-refractivity contribution in [2.45, 2.75) is 354 Å². The monoisotopic (exact) mass is 1270 g/mol. The minimum atomic E-state index is -0.788. The van der Waals surface area contributed by atoms with Crippen molar-refractivity contribution in [3.63, 3.8) is 0 Å². The number of esters is 2. The second-order valence-electron chi connectivity index (χ2n) is 25.3. The second-order valence-corrected chi connectivity index (χ2v) is 25.3.